The minimum absolute atomic E-state index is 0.00559. The highest BCUT2D eigenvalue weighted by Gasteiger charge is 2.13. The number of benzene rings is 2. The zero-order valence-electron chi connectivity index (χ0n) is 16.1. The summed E-state index contributed by atoms with van der Waals surface area (Å²) in [4.78, 5) is 17.9. The van der Waals surface area contributed by atoms with Crippen LogP contribution in [0.15, 0.2) is 69.9 Å². The first-order valence-electron chi connectivity index (χ1n) is 9.04. The largest absolute Gasteiger partial charge is 0.497 e. The molecule has 2 aromatic heterocycles. The summed E-state index contributed by atoms with van der Waals surface area (Å²) in [6.45, 7) is 0.462. The van der Waals surface area contributed by atoms with E-state index in [1.165, 1.54) is 11.3 Å². The van der Waals surface area contributed by atoms with E-state index in [2.05, 4.69) is 0 Å². The van der Waals surface area contributed by atoms with Gasteiger partial charge in [0.2, 0.25) is 0 Å². The molecule has 0 radical (unpaired) electrons. The zero-order valence-corrected chi connectivity index (χ0v) is 17.8. The van der Waals surface area contributed by atoms with Gasteiger partial charge >= 0.3 is 0 Å². The van der Waals surface area contributed by atoms with E-state index in [-0.39, 0.29) is 5.56 Å². The Morgan fingerprint density at radius 3 is 2.55 bits per heavy atom. The van der Waals surface area contributed by atoms with Crippen LogP contribution in [0.5, 0.6) is 11.5 Å². The lowest BCUT2D eigenvalue weighted by Crippen LogP contribution is -2.23. The van der Waals surface area contributed by atoms with Gasteiger partial charge in [0.1, 0.15) is 16.2 Å². The molecule has 4 rings (SSSR count). The van der Waals surface area contributed by atoms with Crippen LogP contribution in [-0.2, 0) is 12.3 Å². The van der Waals surface area contributed by atoms with E-state index in [1.54, 1.807) is 30.5 Å². The molecule has 0 N–H and O–H groups in total. The number of hydrogen-bond acceptors (Lipinski definition) is 6. The molecular weight excluding hydrogens is 404 g/mol. The number of thioether (sulfide) groups is 1. The van der Waals surface area contributed by atoms with Crippen molar-refractivity contribution in [2.24, 2.45) is 0 Å². The molecule has 2 heterocycles. The molecule has 29 heavy (non-hydrogen) atoms. The molecule has 0 atom stereocenters. The maximum Gasteiger partial charge on any atom is 0.272 e. The lowest BCUT2D eigenvalue weighted by molar-refractivity contribution is 0.414. The highest BCUT2D eigenvalue weighted by atomic mass is 32.2. The number of fused-ring (bicyclic) bond motifs is 1. The first kappa shape index (κ1) is 19.5. The Hall–Kier alpha value is -2.77. The summed E-state index contributed by atoms with van der Waals surface area (Å²) < 4.78 is 13.0. The molecule has 0 spiro atoms. The fraction of sp³-hybridized carbons (Fsp3) is 0.182. The minimum atomic E-state index is -0.00559. The van der Waals surface area contributed by atoms with Crippen LogP contribution in [0.4, 0.5) is 0 Å². The van der Waals surface area contributed by atoms with Crippen LogP contribution in [0.3, 0.4) is 0 Å². The molecule has 2 aromatic carbocycles. The second kappa shape index (κ2) is 8.71. The molecule has 0 fully saturated rings. The van der Waals surface area contributed by atoms with Crippen LogP contribution < -0.4 is 15.0 Å². The van der Waals surface area contributed by atoms with Gasteiger partial charge in [-0.1, -0.05) is 36.0 Å². The van der Waals surface area contributed by atoms with Gasteiger partial charge in [-0.2, -0.15) is 0 Å². The van der Waals surface area contributed by atoms with E-state index < -0.39 is 0 Å². The Kier molecular flexibility index (Phi) is 5.87. The third-order valence-corrected chi connectivity index (χ3v) is 6.47. The molecule has 0 aliphatic rings. The maximum absolute atomic E-state index is 13.1. The zero-order chi connectivity index (χ0) is 20.2. The summed E-state index contributed by atoms with van der Waals surface area (Å²) in [5.41, 5.74) is 2.88. The van der Waals surface area contributed by atoms with Crippen LogP contribution in [0.25, 0.3) is 10.2 Å². The summed E-state index contributed by atoms with van der Waals surface area (Å²) in [5, 5.41) is 2.62. The highest BCUT2D eigenvalue weighted by molar-refractivity contribution is 7.98. The fourth-order valence-electron chi connectivity index (χ4n) is 3.00. The van der Waals surface area contributed by atoms with Gasteiger partial charge in [0, 0.05) is 5.75 Å². The van der Waals surface area contributed by atoms with E-state index in [0.29, 0.717) is 22.2 Å². The average molecular weight is 425 g/mol. The standard InChI is InChI=1S/C22H20N2O3S2/c1-26-17-8-6-15(7-9-17)13-24-21(25)20-19(10-11-28-20)23-22(24)29-14-16-4-3-5-18(12-16)27-2/h3-12H,13-14H2,1-2H3. The van der Waals surface area contributed by atoms with E-state index in [0.717, 1.165) is 28.1 Å². The molecular formula is C22H20N2O3S2. The molecule has 148 valence electrons. The second-order valence-corrected chi connectivity index (χ2v) is 8.27. The highest BCUT2D eigenvalue weighted by Crippen LogP contribution is 2.26. The summed E-state index contributed by atoms with van der Waals surface area (Å²) in [5.74, 6) is 2.31. The van der Waals surface area contributed by atoms with Crippen molar-refractivity contribution in [1.82, 2.24) is 9.55 Å². The van der Waals surface area contributed by atoms with E-state index in [4.69, 9.17) is 14.5 Å². The number of rotatable bonds is 7. The van der Waals surface area contributed by atoms with Gasteiger partial charge in [-0.15, -0.1) is 11.3 Å². The summed E-state index contributed by atoms with van der Waals surface area (Å²) in [6, 6.07) is 17.6. The van der Waals surface area contributed by atoms with Gasteiger partial charge in [0.15, 0.2) is 5.16 Å². The average Bonchev–Trinajstić information content (AvgIpc) is 3.24. The predicted molar refractivity (Wildman–Crippen MR) is 119 cm³/mol. The van der Waals surface area contributed by atoms with Crippen LogP contribution in [-0.4, -0.2) is 23.8 Å². The Morgan fingerprint density at radius 1 is 1.00 bits per heavy atom. The third-order valence-electron chi connectivity index (χ3n) is 4.53. The molecule has 4 aromatic rings. The van der Waals surface area contributed by atoms with Crippen molar-refractivity contribution in [1.29, 1.82) is 0 Å². The Balaban J connectivity index is 1.67. The maximum atomic E-state index is 13.1. The Bertz CT molecular complexity index is 1180. The van der Waals surface area contributed by atoms with Crippen molar-refractivity contribution in [3.63, 3.8) is 0 Å². The first-order valence-corrected chi connectivity index (χ1v) is 10.9. The predicted octanol–water partition coefficient (Wildman–Crippen LogP) is 4.82. The molecule has 0 unspecified atom stereocenters. The van der Waals surface area contributed by atoms with Crippen LogP contribution in [0, 0.1) is 0 Å². The van der Waals surface area contributed by atoms with E-state index in [1.807, 2.05) is 60.0 Å². The normalized spacial score (nSPS) is 11.0. The monoisotopic (exact) mass is 424 g/mol. The number of methoxy groups -OCH3 is 2. The number of ether oxygens (including phenoxy) is 2. The Labute approximate surface area is 176 Å². The van der Waals surface area contributed by atoms with Crippen molar-refractivity contribution in [3.8, 4) is 11.5 Å². The van der Waals surface area contributed by atoms with Gasteiger partial charge in [-0.25, -0.2) is 4.98 Å². The molecule has 5 nitrogen and oxygen atoms in total. The summed E-state index contributed by atoms with van der Waals surface area (Å²) in [6.07, 6.45) is 0. The second-order valence-electron chi connectivity index (χ2n) is 6.41. The SMILES string of the molecule is COc1ccc(Cn2c(SCc3cccc(OC)c3)nc3ccsc3c2=O)cc1. The molecule has 0 aliphatic carbocycles. The molecule has 0 bridgehead atoms. The lowest BCUT2D eigenvalue weighted by Gasteiger charge is -2.13. The van der Waals surface area contributed by atoms with Gasteiger partial charge in [0.05, 0.1) is 26.3 Å². The van der Waals surface area contributed by atoms with Crippen molar-refractivity contribution in [2.75, 3.05) is 14.2 Å². The lowest BCUT2D eigenvalue weighted by atomic mass is 10.2. The van der Waals surface area contributed by atoms with Gasteiger partial charge in [-0.3, -0.25) is 9.36 Å². The molecule has 0 saturated heterocycles. The third kappa shape index (κ3) is 4.31. The van der Waals surface area contributed by atoms with Crippen molar-refractivity contribution in [3.05, 3.63) is 81.5 Å². The quantitative estimate of drug-likeness (QED) is 0.315. The Morgan fingerprint density at radius 2 is 1.79 bits per heavy atom. The summed E-state index contributed by atoms with van der Waals surface area (Å²) in [7, 11) is 3.30. The van der Waals surface area contributed by atoms with E-state index in [9.17, 15) is 4.79 Å². The van der Waals surface area contributed by atoms with Crippen molar-refractivity contribution >= 4 is 33.3 Å². The fourth-order valence-corrected chi connectivity index (χ4v) is 4.72. The summed E-state index contributed by atoms with van der Waals surface area (Å²) >= 11 is 2.99. The smallest absolute Gasteiger partial charge is 0.272 e. The number of aromatic nitrogens is 2. The number of thiophene rings is 1. The first-order chi connectivity index (χ1) is 14.2. The van der Waals surface area contributed by atoms with Crippen LogP contribution in [0.2, 0.25) is 0 Å². The molecule has 0 aliphatic heterocycles. The molecule has 7 heteroatoms. The van der Waals surface area contributed by atoms with Gasteiger partial charge in [0.25, 0.3) is 5.56 Å². The van der Waals surface area contributed by atoms with Crippen molar-refractivity contribution in [2.45, 2.75) is 17.5 Å². The van der Waals surface area contributed by atoms with Crippen LogP contribution >= 0.6 is 23.1 Å². The van der Waals surface area contributed by atoms with E-state index >= 15 is 0 Å². The molecule has 0 amide bonds. The van der Waals surface area contributed by atoms with Crippen LogP contribution in [0.1, 0.15) is 11.1 Å². The topological polar surface area (TPSA) is 53.4 Å². The molecule has 0 saturated carbocycles. The van der Waals surface area contributed by atoms with Gasteiger partial charge < -0.3 is 9.47 Å². The number of nitrogens with zero attached hydrogens (tertiary/aromatic N) is 2. The number of hydrogen-bond donors (Lipinski definition) is 0. The van der Waals surface area contributed by atoms with Crippen molar-refractivity contribution < 1.29 is 9.47 Å². The van der Waals surface area contributed by atoms with Gasteiger partial charge in [-0.05, 0) is 46.8 Å². The minimum Gasteiger partial charge on any atom is -0.497 e.